The third-order valence-electron chi connectivity index (χ3n) is 4.65. The van der Waals surface area contributed by atoms with Gasteiger partial charge in [-0.05, 0) is 48.4 Å². The SMILES string of the molecule is O=C1Nc2cc(C(=O)NC3CCS(=O)(=O)C3)ccc2O/C1=C\c1cccc(Cl)c1. The molecule has 1 fully saturated rings. The number of fused-ring (bicyclic) bond motifs is 1. The number of carbonyl (C=O) groups is 2. The Balaban J connectivity index is 1.51. The number of amides is 2. The van der Waals surface area contributed by atoms with E-state index in [1.54, 1.807) is 42.5 Å². The second-order valence-electron chi connectivity index (χ2n) is 6.90. The lowest BCUT2D eigenvalue weighted by molar-refractivity contribution is -0.115. The Morgan fingerprint density at radius 2 is 2.07 bits per heavy atom. The summed E-state index contributed by atoms with van der Waals surface area (Å²) in [6.07, 6.45) is 1.97. The van der Waals surface area contributed by atoms with Gasteiger partial charge >= 0.3 is 0 Å². The van der Waals surface area contributed by atoms with E-state index >= 15 is 0 Å². The number of anilines is 1. The van der Waals surface area contributed by atoms with Gasteiger partial charge in [0, 0.05) is 16.6 Å². The van der Waals surface area contributed by atoms with Crippen molar-refractivity contribution in [1.29, 1.82) is 0 Å². The molecule has 1 unspecified atom stereocenters. The zero-order valence-corrected chi connectivity index (χ0v) is 16.7. The van der Waals surface area contributed by atoms with Crippen molar-refractivity contribution >= 4 is 45.0 Å². The fourth-order valence-electron chi connectivity index (χ4n) is 3.23. The summed E-state index contributed by atoms with van der Waals surface area (Å²) in [6, 6.07) is 11.2. The summed E-state index contributed by atoms with van der Waals surface area (Å²) in [4.78, 5) is 24.8. The molecule has 0 aromatic heterocycles. The van der Waals surface area contributed by atoms with Crippen molar-refractivity contribution in [2.75, 3.05) is 16.8 Å². The Labute approximate surface area is 172 Å². The fraction of sp³-hybridized carbons (Fsp3) is 0.200. The number of hydrogen-bond donors (Lipinski definition) is 2. The first-order valence-electron chi connectivity index (χ1n) is 8.91. The van der Waals surface area contributed by atoms with Crippen LogP contribution in [0.5, 0.6) is 5.75 Å². The third kappa shape index (κ3) is 4.44. The minimum atomic E-state index is -3.09. The van der Waals surface area contributed by atoms with Crippen LogP contribution in [-0.4, -0.2) is 37.8 Å². The lowest BCUT2D eigenvalue weighted by atomic mass is 10.1. The van der Waals surface area contributed by atoms with Crippen molar-refractivity contribution in [3.63, 3.8) is 0 Å². The predicted octanol–water partition coefficient (Wildman–Crippen LogP) is 2.63. The van der Waals surface area contributed by atoms with Gasteiger partial charge in [-0.25, -0.2) is 8.42 Å². The molecule has 0 aliphatic carbocycles. The molecule has 2 N–H and O–H groups in total. The van der Waals surface area contributed by atoms with Crippen LogP contribution in [0.25, 0.3) is 6.08 Å². The van der Waals surface area contributed by atoms with Crippen molar-refractivity contribution in [1.82, 2.24) is 5.32 Å². The summed E-state index contributed by atoms with van der Waals surface area (Å²) >= 11 is 5.96. The third-order valence-corrected chi connectivity index (χ3v) is 6.65. The summed E-state index contributed by atoms with van der Waals surface area (Å²) in [5.41, 5.74) is 1.39. The summed E-state index contributed by atoms with van der Waals surface area (Å²) in [7, 11) is -3.09. The van der Waals surface area contributed by atoms with Gasteiger partial charge in [0.15, 0.2) is 21.3 Å². The van der Waals surface area contributed by atoms with Crippen LogP contribution >= 0.6 is 11.6 Å². The molecule has 2 aromatic carbocycles. The number of carbonyl (C=O) groups excluding carboxylic acids is 2. The maximum Gasteiger partial charge on any atom is 0.291 e. The van der Waals surface area contributed by atoms with E-state index in [0.29, 0.717) is 34.0 Å². The molecule has 2 aliphatic heterocycles. The number of benzene rings is 2. The molecule has 2 aliphatic rings. The van der Waals surface area contributed by atoms with E-state index in [1.165, 1.54) is 6.07 Å². The van der Waals surface area contributed by atoms with Gasteiger partial charge in [0.05, 0.1) is 17.2 Å². The second kappa shape index (κ2) is 7.53. The van der Waals surface area contributed by atoms with Crippen molar-refractivity contribution < 1.29 is 22.7 Å². The predicted molar refractivity (Wildman–Crippen MR) is 110 cm³/mol. The molecular formula is C20H17ClN2O5S. The highest BCUT2D eigenvalue weighted by Crippen LogP contribution is 2.32. The Morgan fingerprint density at radius 1 is 1.24 bits per heavy atom. The highest BCUT2D eigenvalue weighted by atomic mass is 35.5. The molecule has 2 amide bonds. The molecule has 150 valence electrons. The van der Waals surface area contributed by atoms with Gasteiger partial charge in [-0.2, -0.15) is 0 Å². The van der Waals surface area contributed by atoms with Crippen LogP contribution in [0.3, 0.4) is 0 Å². The molecule has 0 bridgehead atoms. The Morgan fingerprint density at radius 3 is 2.79 bits per heavy atom. The first-order chi connectivity index (χ1) is 13.8. The number of rotatable bonds is 3. The van der Waals surface area contributed by atoms with Gasteiger partial charge in [-0.1, -0.05) is 23.7 Å². The molecule has 1 saturated heterocycles. The van der Waals surface area contributed by atoms with E-state index < -0.39 is 27.7 Å². The van der Waals surface area contributed by atoms with Crippen molar-refractivity contribution in [3.05, 3.63) is 64.4 Å². The molecule has 0 spiro atoms. The van der Waals surface area contributed by atoms with Crippen LogP contribution in [0.4, 0.5) is 5.69 Å². The zero-order valence-electron chi connectivity index (χ0n) is 15.1. The van der Waals surface area contributed by atoms with E-state index in [4.69, 9.17) is 16.3 Å². The molecule has 4 rings (SSSR count). The summed E-state index contributed by atoms with van der Waals surface area (Å²) in [5.74, 6) is -0.318. The minimum absolute atomic E-state index is 0.0544. The van der Waals surface area contributed by atoms with Crippen molar-refractivity contribution in [2.45, 2.75) is 12.5 Å². The summed E-state index contributed by atoms with van der Waals surface area (Å²) in [5, 5.41) is 5.97. The molecule has 2 heterocycles. The topological polar surface area (TPSA) is 102 Å². The van der Waals surface area contributed by atoms with E-state index in [9.17, 15) is 18.0 Å². The summed E-state index contributed by atoms with van der Waals surface area (Å²) in [6.45, 7) is 0. The Kier molecular flexibility index (Phi) is 5.06. The van der Waals surface area contributed by atoms with Gasteiger partial charge in [-0.15, -0.1) is 0 Å². The average Bonchev–Trinajstić information content (AvgIpc) is 3.00. The molecule has 29 heavy (non-hydrogen) atoms. The maximum absolute atomic E-state index is 12.4. The smallest absolute Gasteiger partial charge is 0.291 e. The Bertz CT molecular complexity index is 1140. The van der Waals surface area contributed by atoms with E-state index in [0.717, 1.165) is 0 Å². The first kappa shape index (κ1) is 19.5. The van der Waals surface area contributed by atoms with Crippen LogP contribution in [0.2, 0.25) is 5.02 Å². The quantitative estimate of drug-likeness (QED) is 0.726. The molecule has 9 heteroatoms. The van der Waals surface area contributed by atoms with Gasteiger partial charge in [0.1, 0.15) is 0 Å². The normalized spacial score (nSPS) is 21.2. The number of halogens is 1. The molecule has 0 saturated carbocycles. The standard InChI is InChI=1S/C20H17ClN2O5S/c21-14-3-1-2-12(8-14)9-18-20(25)23-16-10-13(4-5-17(16)28-18)19(24)22-15-6-7-29(26,27)11-15/h1-5,8-10,15H,6-7,11H2,(H,22,24)(H,23,25)/b18-9-. The van der Waals surface area contributed by atoms with Gasteiger partial charge in [0.2, 0.25) is 0 Å². The van der Waals surface area contributed by atoms with Gasteiger partial charge in [-0.3, -0.25) is 9.59 Å². The first-order valence-corrected chi connectivity index (χ1v) is 11.1. The fourth-order valence-corrected chi connectivity index (χ4v) is 5.10. The van der Waals surface area contributed by atoms with Gasteiger partial charge < -0.3 is 15.4 Å². The number of nitrogens with one attached hydrogen (secondary N) is 2. The summed E-state index contributed by atoms with van der Waals surface area (Å²) < 4.78 is 28.8. The van der Waals surface area contributed by atoms with Crippen LogP contribution in [0, 0.1) is 0 Å². The Hall–Kier alpha value is -2.84. The van der Waals surface area contributed by atoms with E-state index in [1.807, 2.05) is 0 Å². The highest BCUT2D eigenvalue weighted by Gasteiger charge is 2.29. The van der Waals surface area contributed by atoms with Crippen molar-refractivity contribution in [3.8, 4) is 5.75 Å². The molecular weight excluding hydrogens is 416 g/mol. The van der Waals surface area contributed by atoms with Gasteiger partial charge in [0.25, 0.3) is 11.8 Å². The van der Waals surface area contributed by atoms with Crippen LogP contribution in [0.1, 0.15) is 22.3 Å². The zero-order chi connectivity index (χ0) is 20.6. The lowest BCUT2D eigenvalue weighted by Gasteiger charge is -2.21. The van der Waals surface area contributed by atoms with Crippen LogP contribution in [0.15, 0.2) is 48.2 Å². The monoisotopic (exact) mass is 432 g/mol. The molecule has 2 aromatic rings. The van der Waals surface area contributed by atoms with E-state index in [2.05, 4.69) is 10.6 Å². The highest BCUT2D eigenvalue weighted by molar-refractivity contribution is 7.91. The number of hydrogen-bond acceptors (Lipinski definition) is 5. The van der Waals surface area contributed by atoms with Crippen LogP contribution in [-0.2, 0) is 14.6 Å². The number of ether oxygens (including phenoxy) is 1. The molecule has 1 atom stereocenters. The molecule has 7 nitrogen and oxygen atoms in total. The lowest BCUT2D eigenvalue weighted by Crippen LogP contribution is -2.35. The number of sulfone groups is 1. The largest absolute Gasteiger partial charge is 0.449 e. The maximum atomic E-state index is 12.4. The second-order valence-corrected chi connectivity index (χ2v) is 9.57. The van der Waals surface area contributed by atoms with Crippen LogP contribution < -0.4 is 15.4 Å². The van der Waals surface area contributed by atoms with E-state index in [-0.39, 0.29) is 17.3 Å². The molecule has 0 radical (unpaired) electrons. The average molecular weight is 433 g/mol. The van der Waals surface area contributed by atoms with Crippen molar-refractivity contribution in [2.24, 2.45) is 0 Å². The minimum Gasteiger partial charge on any atom is -0.449 e.